The Morgan fingerprint density at radius 3 is 3.15 bits per heavy atom. The lowest BCUT2D eigenvalue weighted by atomic mass is 9.91. The molecule has 108 valence electrons. The van der Waals surface area contributed by atoms with Crippen molar-refractivity contribution in [1.29, 1.82) is 0 Å². The second kappa shape index (κ2) is 5.40. The van der Waals surface area contributed by atoms with Crippen molar-refractivity contribution in [2.24, 2.45) is 5.92 Å². The van der Waals surface area contributed by atoms with Crippen molar-refractivity contribution in [3.8, 4) is 5.75 Å². The van der Waals surface area contributed by atoms with E-state index in [0.717, 1.165) is 19.4 Å². The number of amides is 1. The minimum atomic E-state index is -0.339. The Morgan fingerprint density at radius 1 is 1.50 bits per heavy atom. The van der Waals surface area contributed by atoms with Crippen LogP contribution in [-0.4, -0.2) is 31.6 Å². The number of hydrogen-bond acceptors (Lipinski definition) is 3. The number of hydrogen-bond donors (Lipinski definition) is 1. The van der Waals surface area contributed by atoms with Crippen molar-refractivity contribution in [2.75, 3.05) is 24.6 Å². The van der Waals surface area contributed by atoms with E-state index in [1.165, 1.54) is 12.1 Å². The second-order valence-corrected chi connectivity index (χ2v) is 5.53. The normalized spacial score (nSPS) is 25.8. The van der Waals surface area contributed by atoms with Gasteiger partial charge in [0, 0.05) is 18.0 Å². The van der Waals surface area contributed by atoms with Crippen LogP contribution < -0.4 is 15.0 Å². The molecule has 0 aliphatic carbocycles. The quantitative estimate of drug-likeness (QED) is 0.853. The van der Waals surface area contributed by atoms with Crippen LogP contribution in [0.25, 0.3) is 0 Å². The average molecular weight is 278 g/mol. The minimum absolute atomic E-state index is 0.0438. The first-order valence-electron chi connectivity index (χ1n) is 7.12. The molecule has 5 heteroatoms. The van der Waals surface area contributed by atoms with E-state index in [1.54, 1.807) is 11.0 Å². The van der Waals surface area contributed by atoms with E-state index >= 15 is 0 Å². The molecule has 0 radical (unpaired) electrons. The maximum atomic E-state index is 13.2. The number of carbonyl (C=O) groups excluding carboxylic acids is 1. The fourth-order valence-corrected chi connectivity index (χ4v) is 3.00. The fraction of sp³-hybridized carbons (Fsp3) is 0.533. The van der Waals surface area contributed by atoms with Crippen molar-refractivity contribution < 1.29 is 13.9 Å². The zero-order valence-electron chi connectivity index (χ0n) is 11.6. The Labute approximate surface area is 117 Å². The van der Waals surface area contributed by atoms with Gasteiger partial charge in [-0.25, -0.2) is 4.39 Å². The first-order valence-corrected chi connectivity index (χ1v) is 7.12. The molecule has 2 aliphatic heterocycles. The number of fused-ring (bicyclic) bond motifs is 1. The Morgan fingerprint density at radius 2 is 2.35 bits per heavy atom. The lowest BCUT2D eigenvalue weighted by Gasteiger charge is -2.35. The zero-order valence-corrected chi connectivity index (χ0v) is 11.6. The van der Waals surface area contributed by atoms with Gasteiger partial charge in [0.2, 0.25) is 5.91 Å². The molecule has 2 heterocycles. The van der Waals surface area contributed by atoms with Gasteiger partial charge in [0.25, 0.3) is 0 Å². The van der Waals surface area contributed by atoms with Crippen LogP contribution in [0.2, 0.25) is 0 Å². The Bertz CT molecular complexity index is 521. The first-order chi connectivity index (χ1) is 9.65. The van der Waals surface area contributed by atoms with E-state index in [4.69, 9.17) is 4.74 Å². The first kappa shape index (κ1) is 13.4. The SMILES string of the molecule is C[C@H]1C[C@@H](C(=O)N2CCOc3cc(F)ccc32)CCN1. The van der Waals surface area contributed by atoms with E-state index < -0.39 is 0 Å². The van der Waals surface area contributed by atoms with E-state index in [2.05, 4.69) is 12.2 Å². The smallest absolute Gasteiger partial charge is 0.230 e. The van der Waals surface area contributed by atoms with Crippen molar-refractivity contribution in [3.63, 3.8) is 0 Å². The van der Waals surface area contributed by atoms with Crippen LogP contribution in [-0.2, 0) is 4.79 Å². The summed E-state index contributed by atoms with van der Waals surface area (Å²) < 4.78 is 18.7. The molecule has 2 aliphatic rings. The number of benzene rings is 1. The summed E-state index contributed by atoms with van der Waals surface area (Å²) in [6.45, 7) is 3.93. The summed E-state index contributed by atoms with van der Waals surface area (Å²) in [6, 6.07) is 4.72. The van der Waals surface area contributed by atoms with Gasteiger partial charge >= 0.3 is 0 Å². The molecule has 4 nitrogen and oxygen atoms in total. The van der Waals surface area contributed by atoms with Crippen LogP contribution in [0.15, 0.2) is 18.2 Å². The molecule has 1 aromatic rings. The molecule has 2 atom stereocenters. The number of carbonyl (C=O) groups is 1. The van der Waals surface area contributed by atoms with Crippen LogP contribution in [0.3, 0.4) is 0 Å². The van der Waals surface area contributed by atoms with Crippen molar-refractivity contribution >= 4 is 11.6 Å². The zero-order chi connectivity index (χ0) is 14.1. The molecule has 1 aromatic carbocycles. The van der Waals surface area contributed by atoms with Crippen LogP contribution in [0.1, 0.15) is 19.8 Å². The predicted octanol–water partition coefficient (Wildman–Crippen LogP) is 1.94. The second-order valence-electron chi connectivity index (χ2n) is 5.53. The Kier molecular flexibility index (Phi) is 3.61. The molecule has 1 amide bonds. The van der Waals surface area contributed by atoms with Crippen LogP contribution in [0.5, 0.6) is 5.75 Å². The molecular formula is C15H19FN2O2. The minimum Gasteiger partial charge on any atom is -0.489 e. The molecule has 3 rings (SSSR count). The third kappa shape index (κ3) is 2.50. The molecule has 1 saturated heterocycles. The van der Waals surface area contributed by atoms with Gasteiger partial charge < -0.3 is 15.0 Å². The number of nitrogens with one attached hydrogen (secondary N) is 1. The summed E-state index contributed by atoms with van der Waals surface area (Å²) in [6.07, 6.45) is 1.71. The molecule has 0 unspecified atom stereocenters. The average Bonchev–Trinajstić information content (AvgIpc) is 2.45. The number of anilines is 1. The highest BCUT2D eigenvalue weighted by atomic mass is 19.1. The molecule has 0 spiro atoms. The number of nitrogens with zero attached hydrogens (tertiary/aromatic N) is 1. The molecule has 0 aromatic heterocycles. The lowest BCUT2D eigenvalue weighted by Crippen LogP contribution is -2.46. The maximum absolute atomic E-state index is 13.2. The largest absolute Gasteiger partial charge is 0.489 e. The number of piperidine rings is 1. The van der Waals surface area contributed by atoms with Crippen LogP contribution >= 0.6 is 0 Å². The number of rotatable bonds is 1. The van der Waals surface area contributed by atoms with Gasteiger partial charge in [0.15, 0.2) is 0 Å². The van der Waals surface area contributed by atoms with E-state index in [1.807, 2.05) is 0 Å². The van der Waals surface area contributed by atoms with E-state index in [9.17, 15) is 9.18 Å². The summed E-state index contributed by atoms with van der Waals surface area (Å²) in [5.74, 6) is 0.303. The summed E-state index contributed by atoms with van der Waals surface area (Å²) >= 11 is 0. The van der Waals surface area contributed by atoms with E-state index in [0.29, 0.717) is 30.6 Å². The molecule has 0 saturated carbocycles. The molecule has 1 fully saturated rings. The van der Waals surface area contributed by atoms with Crippen LogP contribution in [0.4, 0.5) is 10.1 Å². The lowest BCUT2D eigenvalue weighted by molar-refractivity contribution is -0.123. The van der Waals surface area contributed by atoms with Crippen molar-refractivity contribution in [2.45, 2.75) is 25.8 Å². The topological polar surface area (TPSA) is 41.6 Å². The van der Waals surface area contributed by atoms with Crippen molar-refractivity contribution in [1.82, 2.24) is 5.32 Å². The molecule has 1 N–H and O–H groups in total. The summed E-state index contributed by atoms with van der Waals surface area (Å²) in [4.78, 5) is 14.4. The highest BCUT2D eigenvalue weighted by molar-refractivity contribution is 5.96. The van der Waals surface area contributed by atoms with Crippen LogP contribution in [0, 0.1) is 11.7 Å². The molecular weight excluding hydrogens is 259 g/mol. The van der Waals surface area contributed by atoms with Gasteiger partial charge in [-0.1, -0.05) is 0 Å². The van der Waals surface area contributed by atoms with Gasteiger partial charge in [-0.3, -0.25) is 4.79 Å². The number of halogens is 1. The summed E-state index contributed by atoms with van der Waals surface area (Å²) in [5.41, 5.74) is 0.689. The standard InChI is InChI=1S/C15H19FN2O2/c1-10-8-11(4-5-17-10)15(19)18-6-7-20-14-9-12(16)2-3-13(14)18/h2-3,9-11,17H,4-8H2,1H3/t10-,11-/m0/s1. The fourth-order valence-electron chi connectivity index (χ4n) is 3.00. The van der Waals surface area contributed by atoms with Gasteiger partial charge in [0.1, 0.15) is 18.2 Å². The highest BCUT2D eigenvalue weighted by Crippen LogP contribution is 2.34. The summed E-state index contributed by atoms with van der Waals surface area (Å²) in [7, 11) is 0. The Balaban J connectivity index is 1.83. The Hall–Kier alpha value is -1.62. The van der Waals surface area contributed by atoms with Gasteiger partial charge in [-0.2, -0.15) is 0 Å². The molecule has 0 bridgehead atoms. The number of ether oxygens (including phenoxy) is 1. The van der Waals surface area contributed by atoms with Crippen molar-refractivity contribution in [3.05, 3.63) is 24.0 Å². The van der Waals surface area contributed by atoms with Gasteiger partial charge in [-0.15, -0.1) is 0 Å². The third-order valence-corrected chi connectivity index (χ3v) is 4.02. The van der Waals surface area contributed by atoms with Gasteiger partial charge in [-0.05, 0) is 38.4 Å². The molecule has 20 heavy (non-hydrogen) atoms. The predicted molar refractivity (Wildman–Crippen MR) is 74.4 cm³/mol. The van der Waals surface area contributed by atoms with Gasteiger partial charge in [0.05, 0.1) is 12.2 Å². The summed E-state index contributed by atoms with van der Waals surface area (Å²) in [5, 5.41) is 3.35. The third-order valence-electron chi connectivity index (χ3n) is 4.02. The van der Waals surface area contributed by atoms with E-state index in [-0.39, 0.29) is 17.6 Å². The highest BCUT2D eigenvalue weighted by Gasteiger charge is 2.32. The monoisotopic (exact) mass is 278 g/mol. The maximum Gasteiger partial charge on any atom is 0.230 e.